The summed E-state index contributed by atoms with van der Waals surface area (Å²) in [7, 11) is 1.87. The van der Waals surface area contributed by atoms with Crippen LogP contribution in [0.5, 0.6) is 5.75 Å². The second kappa shape index (κ2) is 7.14. The monoisotopic (exact) mass is 257 g/mol. The van der Waals surface area contributed by atoms with E-state index >= 15 is 0 Å². The summed E-state index contributed by atoms with van der Waals surface area (Å²) in [5.41, 5.74) is 0. The van der Waals surface area contributed by atoms with Crippen molar-refractivity contribution in [1.82, 2.24) is 4.90 Å². The van der Waals surface area contributed by atoms with Crippen molar-refractivity contribution in [2.24, 2.45) is 0 Å². The molecule has 1 aromatic rings. The van der Waals surface area contributed by atoms with Gasteiger partial charge in [0.1, 0.15) is 12.4 Å². The first kappa shape index (κ1) is 13.8. The number of ether oxygens (including phenoxy) is 1. The smallest absolute Gasteiger partial charge is 0.304 e. The van der Waals surface area contributed by atoms with Gasteiger partial charge in [0.05, 0.1) is 6.42 Å². The van der Waals surface area contributed by atoms with E-state index < -0.39 is 5.97 Å². The third kappa shape index (κ3) is 6.14. The molecular formula is C12H16ClNO3. The van der Waals surface area contributed by atoms with Crippen LogP contribution in [0.2, 0.25) is 5.02 Å². The summed E-state index contributed by atoms with van der Waals surface area (Å²) in [5, 5.41) is 9.16. The molecule has 0 saturated heterocycles. The average molecular weight is 258 g/mol. The molecule has 0 atom stereocenters. The van der Waals surface area contributed by atoms with Crippen LogP contribution in [0, 0.1) is 0 Å². The lowest BCUT2D eigenvalue weighted by Crippen LogP contribution is -2.26. The van der Waals surface area contributed by atoms with Gasteiger partial charge in [0.25, 0.3) is 0 Å². The Labute approximate surface area is 106 Å². The molecule has 94 valence electrons. The van der Waals surface area contributed by atoms with Gasteiger partial charge in [-0.05, 0) is 25.2 Å². The molecule has 1 aromatic carbocycles. The number of aliphatic carboxylic acids is 1. The number of carbonyl (C=O) groups is 1. The van der Waals surface area contributed by atoms with E-state index in [9.17, 15) is 4.79 Å². The van der Waals surface area contributed by atoms with Crippen molar-refractivity contribution in [1.29, 1.82) is 0 Å². The molecule has 0 bridgehead atoms. The number of likely N-dealkylation sites (N-methyl/N-ethyl adjacent to an activating group) is 1. The third-order valence-corrected chi connectivity index (χ3v) is 2.48. The first-order valence-corrected chi connectivity index (χ1v) is 5.74. The summed E-state index contributed by atoms with van der Waals surface area (Å²) in [6.07, 6.45) is 0.146. The van der Waals surface area contributed by atoms with Gasteiger partial charge in [-0.25, -0.2) is 0 Å². The maximum absolute atomic E-state index is 10.4. The Hall–Kier alpha value is -1.26. The van der Waals surface area contributed by atoms with Gasteiger partial charge in [0, 0.05) is 18.1 Å². The molecular weight excluding hydrogens is 242 g/mol. The van der Waals surface area contributed by atoms with E-state index in [1.165, 1.54) is 0 Å². The van der Waals surface area contributed by atoms with E-state index in [4.69, 9.17) is 21.4 Å². The van der Waals surface area contributed by atoms with Crippen molar-refractivity contribution in [3.05, 3.63) is 29.3 Å². The average Bonchev–Trinajstić information content (AvgIpc) is 2.26. The van der Waals surface area contributed by atoms with E-state index in [1.54, 1.807) is 12.1 Å². The highest BCUT2D eigenvalue weighted by Gasteiger charge is 2.02. The molecule has 5 heteroatoms. The predicted molar refractivity (Wildman–Crippen MR) is 66.7 cm³/mol. The van der Waals surface area contributed by atoms with Gasteiger partial charge < -0.3 is 14.7 Å². The van der Waals surface area contributed by atoms with Crippen LogP contribution < -0.4 is 4.74 Å². The van der Waals surface area contributed by atoms with Gasteiger partial charge in [0.2, 0.25) is 0 Å². The second-order valence-electron chi connectivity index (χ2n) is 3.75. The van der Waals surface area contributed by atoms with Crippen molar-refractivity contribution in [3.63, 3.8) is 0 Å². The Kier molecular flexibility index (Phi) is 5.80. The van der Waals surface area contributed by atoms with E-state index in [0.29, 0.717) is 24.7 Å². The Bertz CT molecular complexity index is 371. The quantitative estimate of drug-likeness (QED) is 0.813. The summed E-state index contributed by atoms with van der Waals surface area (Å²) in [6, 6.07) is 7.20. The van der Waals surface area contributed by atoms with Gasteiger partial charge in [-0.15, -0.1) is 0 Å². The van der Waals surface area contributed by atoms with Crippen LogP contribution in [-0.4, -0.2) is 42.7 Å². The van der Waals surface area contributed by atoms with Crippen LogP contribution in [0.1, 0.15) is 6.42 Å². The van der Waals surface area contributed by atoms with Crippen LogP contribution in [0.15, 0.2) is 24.3 Å². The fourth-order valence-electron chi connectivity index (χ4n) is 1.27. The number of nitrogens with zero attached hydrogens (tertiary/aromatic N) is 1. The van der Waals surface area contributed by atoms with Gasteiger partial charge in [-0.3, -0.25) is 4.79 Å². The highest BCUT2D eigenvalue weighted by atomic mass is 35.5. The minimum Gasteiger partial charge on any atom is -0.492 e. The summed E-state index contributed by atoms with van der Waals surface area (Å²) in [4.78, 5) is 12.3. The molecule has 0 amide bonds. The zero-order valence-corrected chi connectivity index (χ0v) is 10.5. The number of carboxylic acid groups (broad SMARTS) is 1. The molecule has 0 aliphatic heterocycles. The van der Waals surface area contributed by atoms with Crippen LogP contribution in [0.25, 0.3) is 0 Å². The fraction of sp³-hybridized carbons (Fsp3) is 0.417. The molecule has 0 saturated carbocycles. The molecule has 0 aromatic heterocycles. The zero-order valence-electron chi connectivity index (χ0n) is 9.73. The van der Waals surface area contributed by atoms with Crippen molar-refractivity contribution >= 4 is 17.6 Å². The first-order chi connectivity index (χ1) is 8.08. The Balaban J connectivity index is 2.21. The lowest BCUT2D eigenvalue weighted by molar-refractivity contribution is -0.137. The summed E-state index contributed by atoms with van der Waals surface area (Å²) >= 11 is 5.82. The molecule has 0 spiro atoms. The molecule has 1 rings (SSSR count). The van der Waals surface area contributed by atoms with Gasteiger partial charge >= 0.3 is 5.97 Å². The standard InChI is InChI=1S/C12H16ClNO3/c1-14(6-5-12(15)16)7-8-17-11-4-2-3-10(13)9-11/h2-4,9H,5-8H2,1H3,(H,15,16). The second-order valence-corrected chi connectivity index (χ2v) is 4.19. The molecule has 0 radical (unpaired) electrons. The Morgan fingerprint density at radius 3 is 2.88 bits per heavy atom. The topological polar surface area (TPSA) is 49.8 Å². The molecule has 17 heavy (non-hydrogen) atoms. The van der Waals surface area contributed by atoms with E-state index in [-0.39, 0.29) is 6.42 Å². The molecule has 0 heterocycles. The lowest BCUT2D eigenvalue weighted by Gasteiger charge is -2.15. The minimum atomic E-state index is -0.785. The molecule has 0 unspecified atom stereocenters. The SMILES string of the molecule is CN(CCOc1cccc(Cl)c1)CCC(=O)O. The molecule has 0 aliphatic carbocycles. The third-order valence-electron chi connectivity index (χ3n) is 2.25. The maximum Gasteiger partial charge on any atom is 0.304 e. The van der Waals surface area contributed by atoms with E-state index in [0.717, 1.165) is 5.75 Å². The number of hydrogen-bond donors (Lipinski definition) is 1. The molecule has 0 fully saturated rings. The number of rotatable bonds is 7. The largest absolute Gasteiger partial charge is 0.492 e. The van der Waals surface area contributed by atoms with Crippen molar-refractivity contribution in [2.45, 2.75) is 6.42 Å². The van der Waals surface area contributed by atoms with Gasteiger partial charge in [0.15, 0.2) is 0 Å². The number of hydrogen-bond acceptors (Lipinski definition) is 3. The summed E-state index contributed by atoms with van der Waals surface area (Å²) in [5.74, 6) is -0.0586. The lowest BCUT2D eigenvalue weighted by atomic mass is 10.3. The van der Waals surface area contributed by atoms with Crippen molar-refractivity contribution < 1.29 is 14.6 Å². The highest BCUT2D eigenvalue weighted by Crippen LogP contribution is 2.16. The summed E-state index contributed by atoms with van der Waals surface area (Å²) in [6.45, 7) is 1.71. The normalized spacial score (nSPS) is 10.5. The minimum absolute atomic E-state index is 0.146. The van der Waals surface area contributed by atoms with E-state index in [2.05, 4.69) is 0 Å². The number of carboxylic acids is 1. The van der Waals surface area contributed by atoms with Crippen molar-refractivity contribution in [3.8, 4) is 5.75 Å². The Morgan fingerprint density at radius 2 is 2.24 bits per heavy atom. The summed E-state index contributed by atoms with van der Waals surface area (Å²) < 4.78 is 5.49. The number of halogens is 1. The molecule has 1 N–H and O–H groups in total. The van der Waals surface area contributed by atoms with Gasteiger partial charge in [-0.2, -0.15) is 0 Å². The fourth-order valence-corrected chi connectivity index (χ4v) is 1.45. The molecule has 0 aliphatic rings. The predicted octanol–water partition coefficient (Wildman–Crippen LogP) is 2.13. The van der Waals surface area contributed by atoms with Crippen LogP contribution in [0.4, 0.5) is 0 Å². The van der Waals surface area contributed by atoms with Crippen LogP contribution >= 0.6 is 11.6 Å². The zero-order chi connectivity index (χ0) is 12.7. The Morgan fingerprint density at radius 1 is 1.47 bits per heavy atom. The highest BCUT2D eigenvalue weighted by molar-refractivity contribution is 6.30. The van der Waals surface area contributed by atoms with E-state index in [1.807, 2.05) is 24.1 Å². The first-order valence-electron chi connectivity index (χ1n) is 5.36. The maximum atomic E-state index is 10.4. The van der Waals surface area contributed by atoms with Crippen LogP contribution in [0.3, 0.4) is 0 Å². The van der Waals surface area contributed by atoms with Crippen molar-refractivity contribution in [2.75, 3.05) is 26.7 Å². The van der Waals surface area contributed by atoms with Crippen LogP contribution in [-0.2, 0) is 4.79 Å². The van der Waals surface area contributed by atoms with Gasteiger partial charge in [-0.1, -0.05) is 17.7 Å². The molecule has 4 nitrogen and oxygen atoms in total. The number of benzene rings is 1.